The summed E-state index contributed by atoms with van der Waals surface area (Å²) in [4.78, 5) is 14.0. The van der Waals surface area contributed by atoms with Crippen molar-refractivity contribution in [2.45, 2.75) is 45.3 Å². The number of nitrogens with zero attached hydrogens (tertiary/aromatic N) is 1. The van der Waals surface area contributed by atoms with Gasteiger partial charge >= 0.3 is 6.03 Å². The molecular weight excluding hydrogens is 264 g/mol. The maximum atomic E-state index is 12.3. The van der Waals surface area contributed by atoms with Crippen molar-refractivity contribution in [1.29, 1.82) is 0 Å². The van der Waals surface area contributed by atoms with Crippen LogP contribution in [0.5, 0.6) is 0 Å². The number of carbonyl (C=O) groups is 1. The van der Waals surface area contributed by atoms with Gasteiger partial charge in [0.25, 0.3) is 0 Å². The lowest BCUT2D eigenvalue weighted by molar-refractivity contribution is 0.0447. The van der Waals surface area contributed by atoms with Gasteiger partial charge in [0.15, 0.2) is 0 Å². The van der Waals surface area contributed by atoms with Crippen molar-refractivity contribution in [1.82, 2.24) is 10.2 Å². The summed E-state index contributed by atoms with van der Waals surface area (Å²) in [6.07, 6.45) is 3.66. The van der Waals surface area contributed by atoms with Gasteiger partial charge < -0.3 is 15.3 Å². The highest BCUT2D eigenvalue weighted by Gasteiger charge is 2.24. The molecule has 2 rings (SSSR count). The molecule has 0 aliphatic heterocycles. The average molecular weight is 290 g/mol. The van der Waals surface area contributed by atoms with Crippen LogP contribution in [0.2, 0.25) is 0 Å². The molecule has 4 nitrogen and oxygen atoms in total. The SMILES string of the molecule is CC(C)(O)CN(Cc1ccccc1)C(=O)NCCC1CC1. The van der Waals surface area contributed by atoms with Crippen molar-refractivity contribution >= 4 is 6.03 Å². The van der Waals surface area contributed by atoms with Gasteiger partial charge in [0.05, 0.1) is 12.1 Å². The summed E-state index contributed by atoms with van der Waals surface area (Å²) in [6.45, 7) is 5.00. The predicted molar refractivity (Wildman–Crippen MR) is 83.9 cm³/mol. The topological polar surface area (TPSA) is 52.6 Å². The second-order valence-electron chi connectivity index (χ2n) is 6.62. The molecular formula is C17H26N2O2. The molecule has 116 valence electrons. The fourth-order valence-corrected chi connectivity index (χ4v) is 2.37. The Hall–Kier alpha value is -1.55. The van der Waals surface area contributed by atoms with Crippen LogP contribution in [0.1, 0.15) is 38.7 Å². The van der Waals surface area contributed by atoms with E-state index in [1.165, 1.54) is 12.8 Å². The number of benzene rings is 1. The van der Waals surface area contributed by atoms with Crippen LogP contribution in [0.3, 0.4) is 0 Å². The molecule has 0 bridgehead atoms. The smallest absolute Gasteiger partial charge is 0.317 e. The second kappa shape index (κ2) is 6.94. The number of carbonyl (C=O) groups excluding carboxylic acids is 1. The number of amides is 2. The van der Waals surface area contributed by atoms with Crippen LogP contribution in [0.25, 0.3) is 0 Å². The molecule has 1 fully saturated rings. The lowest BCUT2D eigenvalue weighted by Gasteiger charge is -2.29. The molecule has 21 heavy (non-hydrogen) atoms. The molecule has 1 aliphatic carbocycles. The summed E-state index contributed by atoms with van der Waals surface area (Å²) < 4.78 is 0. The molecule has 1 aromatic carbocycles. The van der Waals surface area contributed by atoms with Crippen molar-refractivity contribution in [2.75, 3.05) is 13.1 Å². The van der Waals surface area contributed by atoms with E-state index in [1.807, 2.05) is 30.3 Å². The Kier molecular flexibility index (Phi) is 5.23. The molecule has 0 atom stereocenters. The van der Waals surface area contributed by atoms with Crippen LogP contribution in [0, 0.1) is 5.92 Å². The van der Waals surface area contributed by atoms with Gasteiger partial charge in [0.2, 0.25) is 0 Å². The number of urea groups is 1. The summed E-state index contributed by atoms with van der Waals surface area (Å²) in [5.41, 5.74) is 0.168. The average Bonchev–Trinajstić information content (AvgIpc) is 3.21. The van der Waals surface area contributed by atoms with E-state index in [1.54, 1.807) is 18.7 Å². The van der Waals surface area contributed by atoms with Gasteiger partial charge in [-0.05, 0) is 31.7 Å². The molecule has 2 N–H and O–H groups in total. The van der Waals surface area contributed by atoms with Crippen molar-refractivity contribution in [2.24, 2.45) is 5.92 Å². The van der Waals surface area contributed by atoms with Gasteiger partial charge in [0.1, 0.15) is 0 Å². The number of aliphatic hydroxyl groups is 1. The third kappa shape index (κ3) is 6.17. The first-order chi connectivity index (χ1) is 9.94. The van der Waals surface area contributed by atoms with Crippen molar-refractivity contribution in [3.05, 3.63) is 35.9 Å². The molecule has 2 amide bonds. The van der Waals surface area contributed by atoms with Gasteiger partial charge in [-0.25, -0.2) is 4.79 Å². The Bertz CT molecular complexity index is 450. The summed E-state index contributed by atoms with van der Waals surface area (Å²) in [7, 11) is 0. The summed E-state index contributed by atoms with van der Waals surface area (Å²) in [5, 5.41) is 13.0. The first kappa shape index (κ1) is 15.8. The summed E-state index contributed by atoms with van der Waals surface area (Å²) in [5.74, 6) is 0.808. The third-order valence-corrected chi connectivity index (χ3v) is 3.61. The molecule has 1 aromatic rings. The standard InChI is InChI=1S/C17H26N2O2/c1-17(2,21)13-19(12-15-6-4-3-5-7-15)16(20)18-11-10-14-8-9-14/h3-7,14,21H,8-13H2,1-2H3,(H,18,20). The number of nitrogens with one attached hydrogen (secondary N) is 1. The van der Waals surface area contributed by atoms with E-state index in [0.717, 1.165) is 24.4 Å². The summed E-state index contributed by atoms with van der Waals surface area (Å²) in [6, 6.07) is 9.77. The lowest BCUT2D eigenvalue weighted by atomic mass is 10.1. The first-order valence-corrected chi connectivity index (χ1v) is 7.73. The predicted octanol–water partition coefficient (Wildman–Crippen LogP) is 2.77. The van der Waals surface area contributed by atoms with E-state index in [4.69, 9.17) is 0 Å². The van der Waals surface area contributed by atoms with E-state index >= 15 is 0 Å². The Morgan fingerprint density at radius 3 is 2.57 bits per heavy atom. The van der Waals surface area contributed by atoms with E-state index in [2.05, 4.69) is 5.32 Å². The van der Waals surface area contributed by atoms with E-state index < -0.39 is 5.60 Å². The zero-order chi connectivity index (χ0) is 15.3. The largest absolute Gasteiger partial charge is 0.389 e. The highest BCUT2D eigenvalue weighted by molar-refractivity contribution is 5.74. The minimum absolute atomic E-state index is 0.0957. The van der Waals surface area contributed by atoms with Crippen LogP contribution in [0.4, 0.5) is 4.79 Å². The zero-order valence-corrected chi connectivity index (χ0v) is 13.0. The van der Waals surface area contributed by atoms with Gasteiger partial charge in [-0.15, -0.1) is 0 Å². The highest BCUT2D eigenvalue weighted by atomic mass is 16.3. The molecule has 1 aliphatic rings. The monoisotopic (exact) mass is 290 g/mol. The second-order valence-corrected chi connectivity index (χ2v) is 6.62. The molecule has 0 heterocycles. The highest BCUT2D eigenvalue weighted by Crippen LogP contribution is 2.31. The normalized spacial score (nSPS) is 14.8. The Balaban J connectivity index is 1.91. The van der Waals surface area contributed by atoms with Crippen LogP contribution < -0.4 is 5.32 Å². The quantitative estimate of drug-likeness (QED) is 0.811. The summed E-state index contributed by atoms with van der Waals surface area (Å²) >= 11 is 0. The molecule has 0 spiro atoms. The minimum atomic E-state index is -0.900. The van der Waals surface area contributed by atoms with Gasteiger partial charge in [-0.2, -0.15) is 0 Å². The Morgan fingerprint density at radius 1 is 1.33 bits per heavy atom. The Labute approximate surface area is 127 Å². The fourth-order valence-electron chi connectivity index (χ4n) is 2.37. The number of rotatable bonds is 7. The fraction of sp³-hybridized carbons (Fsp3) is 0.588. The van der Waals surface area contributed by atoms with Gasteiger partial charge in [-0.3, -0.25) is 0 Å². The van der Waals surface area contributed by atoms with Crippen LogP contribution >= 0.6 is 0 Å². The minimum Gasteiger partial charge on any atom is -0.389 e. The van der Waals surface area contributed by atoms with Gasteiger partial charge in [0, 0.05) is 13.1 Å². The van der Waals surface area contributed by atoms with E-state index in [-0.39, 0.29) is 6.03 Å². The molecule has 0 unspecified atom stereocenters. The lowest BCUT2D eigenvalue weighted by Crippen LogP contribution is -2.46. The maximum Gasteiger partial charge on any atom is 0.317 e. The Morgan fingerprint density at radius 2 is 2.00 bits per heavy atom. The molecule has 0 saturated heterocycles. The number of hydrogen-bond donors (Lipinski definition) is 2. The number of hydrogen-bond acceptors (Lipinski definition) is 2. The third-order valence-electron chi connectivity index (χ3n) is 3.61. The molecule has 0 radical (unpaired) electrons. The van der Waals surface area contributed by atoms with Gasteiger partial charge in [-0.1, -0.05) is 43.2 Å². The molecule has 4 heteroatoms. The molecule has 0 aromatic heterocycles. The first-order valence-electron chi connectivity index (χ1n) is 7.73. The molecule has 1 saturated carbocycles. The van der Waals surface area contributed by atoms with E-state index in [9.17, 15) is 9.90 Å². The van der Waals surface area contributed by atoms with Crippen molar-refractivity contribution < 1.29 is 9.90 Å². The maximum absolute atomic E-state index is 12.3. The van der Waals surface area contributed by atoms with Crippen molar-refractivity contribution in [3.63, 3.8) is 0 Å². The van der Waals surface area contributed by atoms with Crippen LogP contribution in [-0.2, 0) is 6.54 Å². The zero-order valence-electron chi connectivity index (χ0n) is 13.0. The van der Waals surface area contributed by atoms with E-state index in [0.29, 0.717) is 13.1 Å². The van der Waals surface area contributed by atoms with Crippen LogP contribution in [-0.4, -0.2) is 34.7 Å². The van der Waals surface area contributed by atoms with Crippen molar-refractivity contribution in [3.8, 4) is 0 Å². The van der Waals surface area contributed by atoms with Crippen LogP contribution in [0.15, 0.2) is 30.3 Å².